The van der Waals surface area contributed by atoms with E-state index in [1.54, 1.807) is 18.2 Å². The van der Waals surface area contributed by atoms with Crippen LogP contribution in [0.15, 0.2) is 36.4 Å². The molecular weight excluding hydrogens is 387 g/mol. The molecule has 0 heterocycles. The number of carbonyl (C=O) groups is 1. The van der Waals surface area contributed by atoms with Crippen LogP contribution in [0, 0.1) is 10.1 Å². The minimum atomic E-state index is -0.568. The maximum atomic E-state index is 12.0. The third-order valence-electron chi connectivity index (χ3n) is 3.16. The van der Waals surface area contributed by atoms with Crippen molar-refractivity contribution < 1.29 is 14.5 Å². The number of amides is 1. The maximum Gasteiger partial charge on any atom is 0.296 e. The Hall–Kier alpha value is -1.96. The standard InChI is InChI=1S/C16H14Cl2N2O4S/c1-24-11-3-5-14(15(7-11)20(22)23)19-16(21)9-25-8-10-2-4-12(17)13(18)6-10/h2-7H,8-9H2,1H3,(H,19,21). The van der Waals surface area contributed by atoms with Crippen LogP contribution in [0.5, 0.6) is 5.75 Å². The molecule has 0 bridgehead atoms. The number of nitrogens with zero attached hydrogens (tertiary/aromatic N) is 1. The Labute approximate surface area is 158 Å². The summed E-state index contributed by atoms with van der Waals surface area (Å²) in [5.41, 5.74) is 0.843. The predicted octanol–water partition coefficient (Wildman–Crippen LogP) is 4.78. The molecule has 0 fully saturated rings. The van der Waals surface area contributed by atoms with Crippen molar-refractivity contribution in [2.45, 2.75) is 5.75 Å². The second-order valence-corrected chi connectivity index (χ2v) is 6.73. The Morgan fingerprint density at radius 2 is 2.00 bits per heavy atom. The van der Waals surface area contributed by atoms with Crippen molar-refractivity contribution in [1.29, 1.82) is 0 Å². The normalized spacial score (nSPS) is 10.4. The first-order valence-corrected chi connectivity index (χ1v) is 8.95. The molecule has 2 rings (SSSR count). The lowest BCUT2D eigenvalue weighted by atomic mass is 10.2. The van der Waals surface area contributed by atoms with Gasteiger partial charge in [-0.3, -0.25) is 14.9 Å². The van der Waals surface area contributed by atoms with Gasteiger partial charge in [0.25, 0.3) is 5.69 Å². The molecular formula is C16H14Cl2N2O4S. The Morgan fingerprint density at radius 1 is 1.24 bits per heavy atom. The van der Waals surface area contributed by atoms with E-state index in [2.05, 4.69) is 5.32 Å². The number of halogens is 2. The molecule has 0 aliphatic carbocycles. The average Bonchev–Trinajstić information content (AvgIpc) is 2.58. The number of hydrogen-bond donors (Lipinski definition) is 1. The van der Waals surface area contributed by atoms with Crippen LogP contribution < -0.4 is 10.1 Å². The number of nitro groups is 1. The molecule has 0 aromatic heterocycles. The molecule has 0 saturated heterocycles. The van der Waals surface area contributed by atoms with Gasteiger partial charge in [-0.2, -0.15) is 0 Å². The van der Waals surface area contributed by atoms with Crippen molar-refractivity contribution in [1.82, 2.24) is 0 Å². The third kappa shape index (κ3) is 5.52. The van der Waals surface area contributed by atoms with Gasteiger partial charge >= 0.3 is 0 Å². The van der Waals surface area contributed by atoms with Gasteiger partial charge in [0.15, 0.2) is 0 Å². The van der Waals surface area contributed by atoms with E-state index >= 15 is 0 Å². The van der Waals surface area contributed by atoms with E-state index in [1.807, 2.05) is 6.07 Å². The summed E-state index contributed by atoms with van der Waals surface area (Å²) in [7, 11) is 1.41. The number of rotatable bonds is 7. The monoisotopic (exact) mass is 400 g/mol. The van der Waals surface area contributed by atoms with Gasteiger partial charge in [-0.05, 0) is 29.8 Å². The molecule has 1 N–H and O–H groups in total. The quantitative estimate of drug-likeness (QED) is 0.533. The molecule has 132 valence electrons. The fourth-order valence-corrected chi connectivity index (χ4v) is 3.07. The second-order valence-electron chi connectivity index (χ2n) is 4.93. The zero-order valence-electron chi connectivity index (χ0n) is 13.1. The van der Waals surface area contributed by atoms with Crippen molar-refractivity contribution in [3.8, 4) is 5.75 Å². The van der Waals surface area contributed by atoms with Gasteiger partial charge in [0.2, 0.25) is 5.91 Å². The highest BCUT2D eigenvalue weighted by Crippen LogP contribution is 2.29. The number of thioether (sulfide) groups is 1. The summed E-state index contributed by atoms with van der Waals surface area (Å²) in [6, 6.07) is 9.51. The summed E-state index contributed by atoms with van der Waals surface area (Å²) in [4.78, 5) is 22.6. The summed E-state index contributed by atoms with van der Waals surface area (Å²) in [6.07, 6.45) is 0. The maximum absolute atomic E-state index is 12.0. The Kier molecular flexibility index (Phi) is 6.92. The predicted molar refractivity (Wildman–Crippen MR) is 101 cm³/mol. The number of nitrogens with one attached hydrogen (secondary N) is 1. The van der Waals surface area contributed by atoms with Crippen molar-refractivity contribution >= 4 is 52.2 Å². The summed E-state index contributed by atoms with van der Waals surface area (Å²) >= 11 is 13.2. The number of carbonyl (C=O) groups excluding carboxylic acids is 1. The molecule has 0 saturated carbocycles. The van der Waals surface area contributed by atoms with E-state index in [0.717, 1.165) is 5.56 Å². The summed E-state index contributed by atoms with van der Waals surface area (Å²) in [5, 5.41) is 14.6. The molecule has 2 aromatic rings. The van der Waals surface area contributed by atoms with E-state index in [9.17, 15) is 14.9 Å². The van der Waals surface area contributed by atoms with E-state index in [4.69, 9.17) is 27.9 Å². The fourth-order valence-electron chi connectivity index (χ4n) is 1.97. The molecule has 0 spiro atoms. The minimum absolute atomic E-state index is 0.130. The van der Waals surface area contributed by atoms with Gasteiger partial charge < -0.3 is 10.1 Å². The molecule has 6 nitrogen and oxygen atoms in total. The first-order valence-electron chi connectivity index (χ1n) is 7.04. The van der Waals surface area contributed by atoms with Crippen LogP contribution in [0.25, 0.3) is 0 Å². The van der Waals surface area contributed by atoms with Gasteiger partial charge in [0.05, 0.1) is 33.9 Å². The Balaban J connectivity index is 1.94. The topological polar surface area (TPSA) is 81.5 Å². The van der Waals surface area contributed by atoms with Crippen LogP contribution in [0.4, 0.5) is 11.4 Å². The lowest BCUT2D eigenvalue weighted by molar-refractivity contribution is -0.384. The Bertz CT molecular complexity index is 802. The third-order valence-corrected chi connectivity index (χ3v) is 4.90. The molecule has 0 unspecified atom stereocenters. The van der Waals surface area contributed by atoms with Crippen LogP contribution >= 0.6 is 35.0 Å². The minimum Gasteiger partial charge on any atom is -0.496 e. The van der Waals surface area contributed by atoms with Crippen molar-refractivity contribution in [3.05, 3.63) is 62.1 Å². The number of anilines is 1. The average molecular weight is 401 g/mol. The molecule has 0 aliphatic heterocycles. The summed E-state index contributed by atoms with van der Waals surface area (Å²) < 4.78 is 4.96. The SMILES string of the molecule is COc1ccc(NC(=O)CSCc2ccc(Cl)c(Cl)c2)c([N+](=O)[O-])c1. The highest BCUT2D eigenvalue weighted by molar-refractivity contribution is 7.99. The van der Waals surface area contributed by atoms with Gasteiger partial charge in [0, 0.05) is 5.75 Å². The van der Waals surface area contributed by atoms with E-state index in [-0.39, 0.29) is 23.0 Å². The van der Waals surface area contributed by atoms with E-state index < -0.39 is 4.92 Å². The highest BCUT2D eigenvalue weighted by atomic mass is 35.5. The van der Waals surface area contributed by atoms with Crippen LogP contribution in [-0.4, -0.2) is 23.7 Å². The van der Waals surface area contributed by atoms with Gasteiger partial charge in [0.1, 0.15) is 11.4 Å². The van der Waals surface area contributed by atoms with Crippen LogP contribution in [0.1, 0.15) is 5.56 Å². The summed E-state index contributed by atoms with van der Waals surface area (Å²) in [6.45, 7) is 0. The van der Waals surface area contributed by atoms with Gasteiger partial charge in [-0.1, -0.05) is 29.3 Å². The fraction of sp³-hybridized carbons (Fsp3) is 0.188. The molecule has 0 aliphatic rings. The lowest BCUT2D eigenvalue weighted by Crippen LogP contribution is -2.15. The number of ether oxygens (including phenoxy) is 1. The molecule has 25 heavy (non-hydrogen) atoms. The first kappa shape index (κ1) is 19.4. The van der Waals surface area contributed by atoms with Gasteiger partial charge in [-0.25, -0.2) is 0 Å². The molecule has 9 heteroatoms. The Morgan fingerprint density at radius 3 is 2.64 bits per heavy atom. The van der Waals surface area contributed by atoms with E-state index in [0.29, 0.717) is 21.5 Å². The first-order chi connectivity index (χ1) is 11.9. The molecule has 1 amide bonds. The summed E-state index contributed by atoms with van der Waals surface area (Å²) in [5.74, 6) is 0.718. The van der Waals surface area contributed by atoms with E-state index in [1.165, 1.54) is 31.0 Å². The number of methoxy groups -OCH3 is 1. The van der Waals surface area contributed by atoms with Gasteiger partial charge in [-0.15, -0.1) is 11.8 Å². The van der Waals surface area contributed by atoms with Crippen molar-refractivity contribution in [3.63, 3.8) is 0 Å². The molecule has 2 aromatic carbocycles. The van der Waals surface area contributed by atoms with Crippen LogP contribution in [0.3, 0.4) is 0 Å². The second kappa shape index (κ2) is 8.94. The molecule has 0 atom stereocenters. The van der Waals surface area contributed by atoms with Crippen LogP contribution in [0.2, 0.25) is 10.0 Å². The number of benzene rings is 2. The van der Waals surface area contributed by atoms with Crippen molar-refractivity contribution in [2.24, 2.45) is 0 Å². The number of hydrogen-bond acceptors (Lipinski definition) is 5. The highest BCUT2D eigenvalue weighted by Gasteiger charge is 2.17. The lowest BCUT2D eigenvalue weighted by Gasteiger charge is -2.08. The number of nitro benzene ring substituents is 1. The van der Waals surface area contributed by atoms with Crippen LogP contribution in [-0.2, 0) is 10.5 Å². The largest absolute Gasteiger partial charge is 0.496 e. The van der Waals surface area contributed by atoms with Crippen molar-refractivity contribution in [2.75, 3.05) is 18.2 Å². The zero-order valence-corrected chi connectivity index (χ0v) is 15.5. The zero-order chi connectivity index (χ0) is 18.4. The molecule has 0 radical (unpaired) electrons. The smallest absolute Gasteiger partial charge is 0.296 e.